The Balaban J connectivity index is 1.92. The van der Waals surface area contributed by atoms with Crippen LogP contribution in [0.1, 0.15) is 38.2 Å². The average Bonchev–Trinajstić information content (AvgIpc) is 2.49. The van der Waals surface area contributed by atoms with Gasteiger partial charge in [-0.15, -0.1) is 0 Å². The van der Waals surface area contributed by atoms with Crippen LogP contribution in [0, 0.1) is 5.92 Å². The molecule has 1 amide bonds. The van der Waals surface area contributed by atoms with Crippen molar-refractivity contribution >= 4 is 5.91 Å². The second-order valence-electron chi connectivity index (χ2n) is 5.99. The molecule has 116 valence electrons. The molecule has 1 aromatic carbocycles. The quantitative estimate of drug-likeness (QED) is 0.875. The van der Waals surface area contributed by atoms with Crippen LogP contribution in [-0.4, -0.2) is 32.1 Å². The fourth-order valence-corrected chi connectivity index (χ4v) is 2.96. The maximum Gasteiger partial charge on any atom is 0.220 e. The maximum atomic E-state index is 12.3. The second kappa shape index (κ2) is 7.46. The summed E-state index contributed by atoms with van der Waals surface area (Å²) < 4.78 is 5.38. The molecule has 3 atom stereocenters. The lowest BCUT2D eigenvalue weighted by atomic mass is 9.93. The van der Waals surface area contributed by atoms with Crippen LogP contribution in [0.4, 0.5) is 0 Å². The Bertz CT molecular complexity index is 476. The molecule has 4 nitrogen and oxygen atoms in total. The number of methoxy groups -OCH3 is 1. The van der Waals surface area contributed by atoms with Gasteiger partial charge in [-0.05, 0) is 43.0 Å². The third-order valence-corrected chi connectivity index (χ3v) is 4.29. The minimum absolute atomic E-state index is 0.132. The first-order chi connectivity index (χ1) is 10.1. The van der Waals surface area contributed by atoms with Crippen LogP contribution in [0.15, 0.2) is 24.3 Å². The van der Waals surface area contributed by atoms with Gasteiger partial charge in [0.1, 0.15) is 5.75 Å². The van der Waals surface area contributed by atoms with Crippen LogP contribution in [0.25, 0.3) is 0 Å². The van der Waals surface area contributed by atoms with Crippen molar-refractivity contribution in [1.82, 2.24) is 10.6 Å². The molecule has 2 rings (SSSR count). The second-order valence-corrected chi connectivity index (χ2v) is 5.99. The fourth-order valence-electron chi connectivity index (χ4n) is 2.96. The molecular formula is C17H26N2O2. The molecule has 1 aliphatic heterocycles. The van der Waals surface area contributed by atoms with Gasteiger partial charge in [-0.3, -0.25) is 4.79 Å². The van der Waals surface area contributed by atoms with Crippen LogP contribution in [0.5, 0.6) is 5.75 Å². The number of carbonyl (C=O) groups excluding carboxylic acids is 1. The maximum absolute atomic E-state index is 12.3. The van der Waals surface area contributed by atoms with Gasteiger partial charge in [0.05, 0.1) is 7.11 Å². The van der Waals surface area contributed by atoms with Gasteiger partial charge in [0, 0.05) is 12.5 Å². The Kier molecular flexibility index (Phi) is 5.62. The van der Waals surface area contributed by atoms with Gasteiger partial charge in [-0.1, -0.05) is 32.0 Å². The van der Waals surface area contributed by atoms with E-state index in [0.29, 0.717) is 18.4 Å². The number of amides is 1. The summed E-state index contributed by atoms with van der Waals surface area (Å²) in [6, 6.07) is 8.21. The number of nitrogens with one attached hydrogen (secondary N) is 2. The molecular weight excluding hydrogens is 264 g/mol. The number of rotatable bonds is 5. The lowest BCUT2D eigenvalue weighted by Gasteiger charge is -2.30. The Labute approximate surface area is 127 Å². The Morgan fingerprint density at radius 3 is 2.95 bits per heavy atom. The van der Waals surface area contributed by atoms with E-state index in [1.807, 2.05) is 24.3 Å². The highest BCUT2D eigenvalue weighted by Crippen LogP contribution is 2.28. The van der Waals surface area contributed by atoms with E-state index >= 15 is 0 Å². The van der Waals surface area contributed by atoms with E-state index in [2.05, 4.69) is 24.5 Å². The highest BCUT2D eigenvalue weighted by molar-refractivity contribution is 5.77. The SMILES string of the molecule is COc1ccccc1C(C)CC(=O)NC1CCNCC1C. The topological polar surface area (TPSA) is 50.4 Å². The van der Waals surface area contributed by atoms with E-state index < -0.39 is 0 Å². The molecule has 21 heavy (non-hydrogen) atoms. The van der Waals surface area contributed by atoms with Crippen LogP contribution in [0.2, 0.25) is 0 Å². The molecule has 1 saturated heterocycles. The molecule has 0 aliphatic carbocycles. The van der Waals surface area contributed by atoms with Gasteiger partial charge >= 0.3 is 0 Å². The monoisotopic (exact) mass is 290 g/mol. The largest absolute Gasteiger partial charge is 0.496 e. The minimum atomic E-state index is 0.132. The summed E-state index contributed by atoms with van der Waals surface area (Å²) in [5.74, 6) is 1.63. The summed E-state index contributed by atoms with van der Waals surface area (Å²) in [6.45, 7) is 6.22. The summed E-state index contributed by atoms with van der Waals surface area (Å²) in [5.41, 5.74) is 1.09. The van der Waals surface area contributed by atoms with Crippen molar-refractivity contribution in [3.05, 3.63) is 29.8 Å². The molecule has 1 fully saturated rings. The normalized spacial score (nSPS) is 23.4. The third-order valence-electron chi connectivity index (χ3n) is 4.29. The van der Waals surface area contributed by atoms with Crippen molar-refractivity contribution in [2.45, 2.75) is 38.6 Å². The first-order valence-electron chi connectivity index (χ1n) is 7.74. The van der Waals surface area contributed by atoms with Crippen molar-refractivity contribution in [2.24, 2.45) is 5.92 Å². The van der Waals surface area contributed by atoms with E-state index in [1.54, 1.807) is 7.11 Å². The summed E-state index contributed by atoms with van der Waals surface area (Å²) in [4.78, 5) is 12.3. The first-order valence-corrected chi connectivity index (χ1v) is 7.74. The number of ether oxygens (including phenoxy) is 1. The predicted molar refractivity (Wildman–Crippen MR) is 84.6 cm³/mol. The lowest BCUT2D eigenvalue weighted by molar-refractivity contribution is -0.122. The molecule has 1 heterocycles. The fraction of sp³-hybridized carbons (Fsp3) is 0.588. The first kappa shape index (κ1) is 15.8. The Morgan fingerprint density at radius 2 is 2.24 bits per heavy atom. The van der Waals surface area contributed by atoms with Gasteiger partial charge in [0.25, 0.3) is 0 Å². The van der Waals surface area contributed by atoms with Crippen LogP contribution < -0.4 is 15.4 Å². The van der Waals surface area contributed by atoms with E-state index in [0.717, 1.165) is 30.8 Å². The number of hydrogen-bond donors (Lipinski definition) is 2. The molecule has 0 aromatic heterocycles. The number of piperidine rings is 1. The zero-order chi connectivity index (χ0) is 15.2. The Morgan fingerprint density at radius 1 is 1.48 bits per heavy atom. The predicted octanol–water partition coefficient (Wildman–Crippen LogP) is 2.30. The van der Waals surface area contributed by atoms with Gasteiger partial charge in [-0.2, -0.15) is 0 Å². The third kappa shape index (κ3) is 4.21. The van der Waals surface area contributed by atoms with Crippen molar-refractivity contribution in [3.63, 3.8) is 0 Å². The number of carbonyl (C=O) groups is 1. The summed E-state index contributed by atoms with van der Waals surface area (Å²) >= 11 is 0. The van der Waals surface area contributed by atoms with Crippen LogP contribution in [0.3, 0.4) is 0 Å². The number of benzene rings is 1. The zero-order valence-electron chi connectivity index (χ0n) is 13.2. The molecule has 0 spiro atoms. The van der Waals surface area contributed by atoms with Gasteiger partial charge < -0.3 is 15.4 Å². The molecule has 3 unspecified atom stereocenters. The zero-order valence-corrected chi connectivity index (χ0v) is 13.2. The molecule has 0 bridgehead atoms. The van der Waals surface area contributed by atoms with Gasteiger partial charge in [0.15, 0.2) is 0 Å². The standard InChI is InChI=1S/C17H26N2O2/c1-12(14-6-4-5-7-16(14)21-3)10-17(20)19-15-8-9-18-11-13(15)2/h4-7,12-13,15,18H,8-11H2,1-3H3,(H,19,20). The summed E-state index contributed by atoms with van der Waals surface area (Å²) in [6.07, 6.45) is 1.51. The summed E-state index contributed by atoms with van der Waals surface area (Å²) in [7, 11) is 1.67. The highest BCUT2D eigenvalue weighted by atomic mass is 16.5. The average molecular weight is 290 g/mol. The molecule has 1 aromatic rings. The Hall–Kier alpha value is -1.55. The molecule has 0 saturated carbocycles. The molecule has 4 heteroatoms. The van der Waals surface area contributed by atoms with Gasteiger partial charge in [0.2, 0.25) is 5.91 Å². The van der Waals surface area contributed by atoms with Crippen molar-refractivity contribution < 1.29 is 9.53 Å². The summed E-state index contributed by atoms with van der Waals surface area (Å²) in [5, 5.41) is 6.54. The van der Waals surface area contributed by atoms with Crippen molar-refractivity contribution in [3.8, 4) is 5.75 Å². The molecule has 1 aliphatic rings. The van der Waals surface area contributed by atoms with Gasteiger partial charge in [-0.25, -0.2) is 0 Å². The van der Waals surface area contributed by atoms with E-state index in [1.165, 1.54) is 0 Å². The minimum Gasteiger partial charge on any atom is -0.496 e. The van der Waals surface area contributed by atoms with E-state index in [9.17, 15) is 4.79 Å². The van der Waals surface area contributed by atoms with Crippen molar-refractivity contribution in [1.29, 1.82) is 0 Å². The van der Waals surface area contributed by atoms with E-state index in [4.69, 9.17) is 4.74 Å². The molecule has 0 radical (unpaired) electrons. The lowest BCUT2D eigenvalue weighted by Crippen LogP contribution is -2.48. The van der Waals surface area contributed by atoms with E-state index in [-0.39, 0.29) is 11.8 Å². The van der Waals surface area contributed by atoms with Crippen LogP contribution >= 0.6 is 0 Å². The van der Waals surface area contributed by atoms with Crippen molar-refractivity contribution in [2.75, 3.05) is 20.2 Å². The molecule has 2 N–H and O–H groups in total. The highest BCUT2D eigenvalue weighted by Gasteiger charge is 2.23. The number of para-hydroxylation sites is 1. The van der Waals surface area contributed by atoms with Crippen LogP contribution in [-0.2, 0) is 4.79 Å². The smallest absolute Gasteiger partial charge is 0.220 e. The number of hydrogen-bond acceptors (Lipinski definition) is 3.